The van der Waals surface area contributed by atoms with Crippen LogP contribution in [0.3, 0.4) is 0 Å². The van der Waals surface area contributed by atoms with E-state index in [1.54, 1.807) is 0 Å². The number of benzene rings is 1. The number of thiophene rings is 1. The highest BCUT2D eigenvalue weighted by Crippen LogP contribution is 2.17. The van der Waals surface area contributed by atoms with Gasteiger partial charge in [0.05, 0.1) is 17.5 Å². The van der Waals surface area contributed by atoms with E-state index in [1.165, 1.54) is 16.9 Å². The van der Waals surface area contributed by atoms with Crippen molar-refractivity contribution >= 4 is 23.2 Å². The third-order valence-electron chi connectivity index (χ3n) is 4.98. The highest BCUT2D eigenvalue weighted by molar-refractivity contribution is 7.12. The third-order valence-corrected chi connectivity index (χ3v) is 5.84. The van der Waals surface area contributed by atoms with Crippen LogP contribution in [0.15, 0.2) is 41.8 Å². The number of hydrogen-bond donors (Lipinski definition) is 1. The van der Waals surface area contributed by atoms with Crippen molar-refractivity contribution in [1.29, 1.82) is 0 Å². The molecule has 27 heavy (non-hydrogen) atoms. The largest absolute Gasteiger partial charge is 0.348 e. The summed E-state index contributed by atoms with van der Waals surface area (Å²) in [6.07, 6.45) is 0.859. The van der Waals surface area contributed by atoms with Gasteiger partial charge in [0.1, 0.15) is 0 Å². The van der Waals surface area contributed by atoms with Gasteiger partial charge in [0.2, 0.25) is 5.91 Å². The number of nitrogens with zero attached hydrogens (tertiary/aromatic N) is 2. The van der Waals surface area contributed by atoms with Crippen LogP contribution in [0.5, 0.6) is 0 Å². The quantitative estimate of drug-likeness (QED) is 0.831. The van der Waals surface area contributed by atoms with E-state index in [0.717, 1.165) is 30.0 Å². The summed E-state index contributed by atoms with van der Waals surface area (Å²) in [7, 11) is 0. The Morgan fingerprint density at radius 3 is 2.41 bits per heavy atom. The van der Waals surface area contributed by atoms with Gasteiger partial charge in [-0.1, -0.05) is 42.8 Å². The SMILES string of the molecule is CC[C@H](NC(=O)CN1CCN(C(=O)c2cccs2)CC1)c1ccc(C)cc1. The zero-order valence-electron chi connectivity index (χ0n) is 16.0. The molecular weight excluding hydrogens is 358 g/mol. The number of piperazine rings is 1. The van der Waals surface area contributed by atoms with Crippen molar-refractivity contribution in [1.82, 2.24) is 15.1 Å². The molecule has 0 saturated carbocycles. The number of carbonyl (C=O) groups is 2. The van der Waals surface area contributed by atoms with Gasteiger partial charge in [-0.05, 0) is 30.4 Å². The summed E-state index contributed by atoms with van der Waals surface area (Å²) in [5, 5.41) is 5.07. The van der Waals surface area contributed by atoms with Crippen LogP contribution in [0.2, 0.25) is 0 Å². The second-order valence-corrected chi connectivity index (χ2v) is 7.93. The molecular formula is C21H27N3O2S. The Bertz CT molecular complexity index is 750. The maximum atomic E-state index is 12.5. The molecule has 0 unspecified atom stereocenters. The monoisotopic (exact) mass is 385 g/mol. The summed E-state index contributed by atoms with van der Waals surface area (Å²) in [5.74, 6) is 0.139. The maximum Gasteiger partial charge on any atom is 0.264 e. The Hall–Kier alpha value is -2.18. The number of aryl methyl sites for hydroxylation is 1. The molecule has 1 saturated heterocycles. The lowest BCUT2D eigenvalue weighted by atomic mass is 10.0. The molecule has 0 aliphatic carbocycles. The lowest BCUT2D eigenvalue weighted by molar-refractivity contribution is -0.123. The molecule has 0 radical (unpaired) electrons. The molecule has 1 aliphatic rings. The Balaban J connectivity index is 1.47. The number of nitrogens with one attached hydrogen (secondary N) is 1. The molecule has 1 N–H and O–H groups in total. The van der Waals surface area contributed by atoms with Crippen molar-refractivity contribution in [2.75, 3.05) is 32.7 Å². The topological polar surface area (TPSA) is 52.7 Å². The maximum absolute atomic E-state index is 12.5. The fourth-order valence-electron chi connectivity index (χ4n) is 3.33. The van der Waals surface area contributed by atoms with Gasteiger partial charge in [0, 0.05) is 26.2 Å². The molecule has 0 spiro atoms. The summed E-state index contributed by atoms with van der Waals surface area (Å²) < 4.78 is 0. The van der Waals surface area contributed by atoms with Gasteiger partial charge in [-0.15, -0.1) is 11.3 Å². The molecule has 6 heteroatoms. The first kappa shape index (κ1) is 19.6. The molecule has 144 valence electrons. The number of hydrogen-bond acceptors (Lipinski definition) is 4. The van der Waals surface area contributed by atoms with Gasteiger partial charge >= 0.3 is 0 Å². The van der Waals surface area contributed by atoms with Gasteiger partial charge in [-0.25, -0.2) is 0 Å². The smallest absolute Gasteiger partial charge is 0.264 e. The molecule has 3 rings (SSSR count). The van der Waals surface area contributed by atoms with E-state index in [1.807, 2.05) is 22.4 Å². The van der Waals surface area contributed by atoms with Crippen LogP contribution in [0.4, 0.5) is 0 Å². The molecule has 0 bridgehead atoms. The minimum atomic E-state index is 0.0415. The standard InChI is InChI=1S/C21H27N3O2S/c1-3-18(17-8-6-16(2)7-9-17)22-20(25)15-23-10-12-24(13-11-23)21(26)19-5-4-14-27-19/h4-9,14,18H,3,10-13,15H2,1-2H3,(H,22,25)/t18-/m0/s1. The van der Waals surface area contributed by atoms with Gasteiger partial charge in [-0.3, -0.25) is 14.5 Å². The fourth-order valence-corrected chi connectivity index (χ4v) is 4.02. The molecule has 1 atom stereocenters. The minimum Gasteiger partial charge on any atom is -0.348 e. The number of amides is 2. The Labute approximate surface area is 165 Å². The number of rotatable bonds is 6. The second kappa shape index (κ2) is 9.15. The van der Waals surface area contributed by atoms with Crippen LogP contribution in [0, 0.1) is 6.92 Å². The van der Waals surface area contributed by atoms with E-state index >= 15 is 0 Å². The molecule has 2 heterocycles. The van der Waals surface area contributed by atoms with Crippen LogP contribution in [-0.2, 0) is 4.79 Å². The molecule has 5 nitrogen and oxygen atoms in total. The lowest BCUT2D eigenvalue weighted by Gasteiger charge is -2.34. The van der Waals surface area contributed by atoms with Gasteiger partial charge in [0.25, 0.3) is 5.91 Å². The van der Waals surface area contributed by atoms with E-state index in [0.29, 0.717) is 19.6 Å². The summed E-state index contributed by atoms with van der Waals surface area (Å²) >= 11 is 1.48. The normalized spacial score (nSPS) is 16.1. The highest BCUT2D eigenvalue weighted by Gasteiger charge is 2.24. The van der Waals surface area contributed by atoms with Crippen LogP contribution in [-0.4, -0.2) is 54.3 Å². The van der Waals surface area contributed by atoms with Crippen molar-refractivity contribution in [2.24, 2.45) is 0 Å². The van der Waals surface area contributed by atoms with Crippen molar-refractivity contribution in [3.63, 3.8) is 0 Å². The zero-order chi connectivity index (χ0) is 19.2. The number of carbonyl (C=O) groups excluding carboxylic acids is 2. The average molecular weight is 386 g/mol. The van der Waals surface area contributed by atoms with Gasteiger partial charge in [-0.2, -0.15) is 0 Å². The Morgan fingerprint density at radius 2 is 1.81 bits per heavy atom. The summed E-state index contributed by atoms with van der Waals surface area (Å²) in [6.45, 7) is 7.31. The fraction of sp³-hybridized carbons (Fsp3) is 0.429. The summed E-state index contributed by atoms with van der Waals surface area (Å²) in [5.41, 5.74) is 2.36. The van der Waals surface area contributed by atoms with Crippen molar-refractivity contribution < 1.29 is 9.59 Å². The predicted molar refractivity (Wildman–Crippen MR) is 109 cm³/mol. The van der Waals surface area contributed by atoms with Gasteiger partial charge < -0.3 is 10.2 Å². The van der Waals surface area contributed by atoms with Crippen LogP contribution >= 0.6 is 11.3 Å². The molecule has 1 aliphatic heterocycles. The summed E-state index contributed by atoms with van der Waals surface area (Å²) in [6, 6.07) is 12.1. The molecule has 1 aromatic carbocycles. The lowest BCUT2D eigenvalue weighted by Crippen LogP contribution is -2.51. The first-order chi connectivity index (χ1) is 13.1. The molecule has 1 aromatic heterocycles. The van der Waals surface area contributed by atoms with Gasteiger partial charge in [0.15, 0.2) is 0 Å². The minimum absolute atomic E-state index is 0.0415. The predicted octanol–water partition coefficient (Wildman–Crippen LogP) is 3.08. The molecule has 1 fully saturated rings. The van der Waals surface area contributed by atoms with Crippen molar-refractivity contribution in [3.8, 4) is 0 Å². The molecule has 2 amide bonds. The van der Waals surface area contributed by atoms with Crippen LogP contribution in [0.1, 0.15) is 40.2 Å². The second-order valence-electron chi connectivity index (χ2n) is 6.98. The van der Waals surface area contributed by atoms with E-state index in [2.05, 4.69) is 48.3 Å². The summed E-state index contributed by atoms with van der Waals surface area (Å²) in [4.78, 5) is 29.7. The molecule has 2 aromatic rings. The van der Waals surface area contributed by atoms with Crippen LogP contribution < -0.4 is 5.32 Å². The zero-order valence-corrected chi connectivity index (χ0v) is 16.8. The average Bonchev–Trinajstić information content (AvgIpc) is 3.22. The Morgan fingerprint density at radius 1 is 1.11 bits per heavy atom. The van der Waals surface area contributed by atoms with E-state index in [9.17, 15) is 9.59 Å². The first-order valence-corrected chi connectivity index (χ1v) is 10.4. The van der Waals surface area contributed by atoms with E-state index in [4.69, 9.17) is 0 Å². The first-order valence-electron chi connectivity index (χ1n) is 9.48. The van der Waals surface area contributed by atoms with Crippen molar-refractivity contribution in [2.45, 2.75) is 26.3 Å². The Kier molecular flexibility index (Phi) is 6.63. The van der Waals surface area contributed by atoms with E-state index < -0.39 is 0 Å². The van der Waals surface area contributed by atoms with Crippen molar-refractivity contribution in [3.05, 3.63) is 57.8 Å². The van der Waals surface area contributed by atoms with E-state index in [-0.39, 0.29) is 17.9 Å². The van der Waals surface area contributed by atoms with Crippen LogP contribution in [0.25, 0.3) is 0 Å². The third kappa shape index (κ3) is 5.17. The highest BCUT2D eigenvalue weighted by atomic mass is 32.1.